The summed E-state index contributed by atoms with van der Waals surface area (Å²) in [6.45, 7) is 5.83. The molecule has 0 radical (unpaired) electrons. The van der Waals surface area contributed by atoms with Gasteiger partial charge in [0.1, 0.15) is 11.5 Å². The van der Waals surface area contributed by atoms with E-state index in [1.807, 2.05) is 25.5 Å². The van der Waals surface area contributed by atoms with Crippen molar-refractivity contribution >= 4 is 5.96 Å². The molecule has 162 valence electrons. The average molecular weight is 412 g/mol. The number of hydrogen-bond donors (Lipinski definition) is 2. The fraction of sp³-hybridized carbons (Fsp3) is 0.478. The summed E-state index contributed by atoms with van der Waals surface area (Å²) in [5, 5.41) is 7.00. The summed E-state index contributed by atoms with van der Waals surface area (Å²) in [6.07, 6.45) is 5.79. The molecule has 0 aliphatic carbocycles. The van der Waals surface area contributed by atoms with Crippen LogP contribution in [-0.2, 0) is 13.0 Å². The van der Waals surface area contributed by atoms with E-state index in [-0.39, 0.29) is 0 Å². The van der Waals surface area contributed by atoms with Gasteiger partial charge in [0.05, 0.1) is 14.2 Å². The Labute approximate surface area is 179 Å². The number of guanidine groups is 1. The average Bonchev–Trinajstić information content (AvgIpc) is 3.20. The van der Waals surface area contributed by atoms with Crippen LogP contribution in [0.15, 0.2) is 41.7 Å². The smallest absolute Gasteiger partial charge is 0.191 e. The maximum absolute atomic E-state index is 5.39. The lowest BCUT2D eigenvalue weighted by atomic mass is 10.1. The van der Waals surface area contributed by atoms with Crippen LogP contribution >= 0.6 is 0 Å². The molecule has 1 fully saturated rings. The van der Waals surface area contributed by atoms with E-state index in [0.29, 0.717) is 6.04 Å². The third-order valence-corrected chi connectivity index (χ3v) is 5.48. The van der Waals surface area contributed by atoms with Gasteiger partial charge in [0.2, 0.25) is 0 Å². The molecule has 0 saturated carbocycles. The lowest BCUT2D eigenvalue weighted by Gasteiger charge is -2.19. The Bertz CT molecular complexity index is 833. The number of nitrogens with zero attached hydrogens (tertiary/aromatic N) is 3. The first-order valence-corrected chi connectivity index (χ1v) is 10.4. The Balaban J connectivity index is 1.47. The fourth-order valence-electron chi connectivity index (χ4n) is 3.80. The number of aryl methyl sites for hydroxylation is 1. The molecule has 2 aromatic rings. The molecular formula is C23H33N5O2. The van der Waals surface area contributed by atoms with E-state index in [0.717, 1.165) is 56.5 Å². The third kappa shape index (κ3) is 6.10. The van der Waals surface area contributed by atoms with Crippen molar-refractivity contribution in [3.63, 3.8) is 0 Å². The summed E-state index contributed by atoms with van der Waals surface area (Å²) < 4.78 is 10.8. The molecule has 7 nitrogen and oxygen atoms in total. The maximum atomic E-state index is 5.39. The number of ether oxygens (including phenoxy) is 2. The Morgan fingerprint density at radius 2 is 2.00 bits per heavy atom. The van der Waals surface area contributed by atoms with Gasteiger partial charge in [-0.25, -0.2) is 0 Å². The Morgan fingerprint density at radius 3 is 2.67 bits per heavy atom. The van der Waals surface area contributed by atoms with Crippen LogP contribution in [0.2, 0.25) is 0 Å². The first kappa shape index (κ1) is 21.9. The summed E-state index contributed by atoms with van der Waals surface area (Å²) in [5.74, 6) is 2.51. The summed E-state index contributed by atoms with van der Waals surface area (Å²) in [7, 11) is 5.19. The van der Waals surface area contributed by atoms with E-state index >= 15 is 0 Å². The molecule has 1 aliphatic rings. The number of benzene rings is 1. The van der Waals surface area contributed by atoms with E-state index in [2.05, 4.69) is 50.6 Å². The standard InChI is InChI=1S/C23H33N5O2/c1-17-14-25-8-5-19(17)6-9-26-23(24-2)27-20-7-10-28(16-20)15-18-11-21(29-3)13-22(12-18)30-4/h5,8,11-14,20H,6-7,9-10,15-16H2,1-4H3,(H2,24,26,27). The topological polar surface area (TPSA) is 71.0 Å². The highest BCUT2D eigenvalue weighted by atomic mass is 16.5. The maximum Gasteiger partial charge on any atom is 0.191 e. The van der Waals surface area contributed by atoms with Gasteiger partial charge in [0.25, 0.3) is 0 Å². The molecule has 1 aromatic heterocycles. The zero-order chi connectivity index (χ0) is 21.3. The van der Waals surface area contributed by atoms with Gasteiger partial charge in [-0.2, -0.15) is 0 Å². The molecule has 7 heteroatoms. The van der Waals surface area contributed by atoms with Crippen molar-refractivity contribution in [1.29, 1.82) is 0 Å². The van der Waals surface area contributed by atoms with E-state index < -0.39 is 0 Å². The van der Waals surface area contributed by atoms with Crippen LogP contribution in [0.25, 0.3) is 0 Å². The van der Waals surface area contributed by atoms with Gasteiger partial charge in [0.15, 0.2) is 5.96 Å². The van der Waals surface area contributed by atoms with Crippen molar-refractivity contribution in [1.82, 2.24) is 20.5 Å². The number of pyridine rings is 1. The van der Waals surface area contributed by atoms with Crippen LogP contribution in [0.4, 0.5) is 0 Å². The summed E-state index contributed by atoms with van der Waals surface area (Å²) in [4.78, 5) is 11.0. The Morgan fingerprint density at radius 1 is 1.23 bits per heavy atom. The second kappa shape index (κ2) is 10.8. The van der Waals surface area contributed by atoms with Crippen LogP contribution < -0.4 is 20.1 Å². The second-order valence-corrected chi connectivity index (χ2v) is 7.64. The van der Waals surface area contributed by atoms with Crippen LogP contribution in [0, 0.1) is 6.92 Å². The molecule has 0 amide bonds. The SMILES string of the molecule is CN=C(NCCc1ccncc1C)NC1CCN(Cc2cc(OC)cc(OC)c2)C1. The molecule has 3 rings (SSSR count). The number of hydrogen-bond acceptors (Lipinski definition) is 5. The largest absolute Gasteiger partial charge is 0.497 e. The van der Waals surface area contributed by atoms with Crippen molar-refractivity contribution < 1.29 is 9.47 Å². The Hall–Kier alpha value is -2.80. The van der Waals surface area contributed by atoms with E-state index in [1.165, 1.54) is 16.7 Å². The van der Waals surface area contributed by atoms with Crippen LogP contribution in [0.3, 0.4) is 0 Å². The van der Waals surface area contributed by atoms with Gasteiger partial charge in [-0.1, -0.05) is 0 Å². The molecule has 0 bridgehead atoms. The minimum atomic E-state index is 0.381. The molecule has 1 aromatic carbocycles. The predicted octanol–water partition coefficient (Wildman–Crippen LogP) is 2.39. The van der Waals surface area contributed by atoms with Crippen LogP contribution in [0.1, 0.15) is 23.1 Å². The first-order valence-electron chi connectivity index (χ1n) is 10.4. The molecule has 30 heavy (non-hydrogen) atoms. The van der Waals surface area contributed by atoms with E-state index in [9.17, 15) is 0 Å². The van der Waals surface area contributed by atoms with Gasteiger partial charge in [0, 0.05) is 57.7 Å². The van der Waals surface area contributed by atoms with Gasteiger partial charge >= 0.3 is 0 Å². The molecule has 1 aliphatic heterocycles. The number of aliphatic imine (C=N–C) groups is 1. The lowest BCUT2D eigenvalue weighted by Crippen LogP contribution is -2.45. The summed E-state index contributed by atoms with van der Waals surface area (Å²) >= 11 is 0. The van der Waals surface area contributed by atoms with Crippen molar-refractivity contribution in [2.75, 3.05) is 40.9 Å². The van der Waals surface area contributed by atoms with Crippen molar-refractivity contribution in [2.45, 2.75) is 32.4 Å². The van der Waals surface area contributed by atoms with Gasteiger partial charge in [-0.3, -0.25) is 14.9 Å². The monoisotopic (exact) mass is 411 g/mol. The first-order chi connectivity index (χ1) is 14.6. The van der Waals surface area contributed by atoms with Crippen molar-refractivity contribution in [2.24, 2.45) is 4.99 Å². The highest BCUT2D eigenvalue weighted by Gasteiger charge is 2.23. The number of nitrogens with one attached hydrogen (secondary N) is 2. The van der Waals surface area contributed by atoms with Gasteiger partial charge < -0.3 is 20.1 Å². The van der Waals surface area contributed by atoms with Gasteiger partial charge in [-0.05, 0) is 54.7 Å². The van der Waals surface area contributed by atoms with E-state index in [4.69, 9.17) is 9.47 Å². The van der Waals surface area contributed by atoms with Crippen LogP contribution in [-0.4, -0.2) is 62.8 Å². The van der Waals surface area contributed by atoms with E-state index in [1.54, 1.807) is 14.2 Å². The summed E-state index contributed by atoms with van der Waals surface area (Å²) in [5.41, 5.74) is 3.73. The van der Waals surface area contributed by atoms with Crippen molar-refractivity contribution in [3.8, 4) is 11.5 Å². The highest BCUT2D eigenvalue weighted by molar-refractivity contribution is 5.80. The fourth-order valence-corrected chi connectivity index (χ4v) is 3.80. The van der Waals surface area contributed by atoms with Gasteiger partial charge in [-0.15, -0.1) is 0 Å². The Kier molecular flexibility index (Phi) is 7.90. The lowest BCUT2D eigenvalue weighted by molar-refractivity contribution is 0.321. The molecule has 1 unspecified atom stereocenters. The molecule has 2 N–H and O–H groups in total. The molecule has 1 saturated heterocycles. The number of likely N-dealkylation sites (tertiary alicyclic amines) is 1. The zero-order valence-corrected chi connectivity index (χ0v) is 18.4. The number of methoxy groups -OCH3 is 2. The number of rotatable bonds is 8. The molecule has 2 heterocycles. The molecule has 0 spiro atoms. The summed E-state index contributed by atoms with van der Waals surface area (Å²) in [6, 6.07) is 8.51. The minimum absolute atomic E-state index is 0.381. The third-order valence-electron chi connectivity index (χ3n) is 5.48. The molecule has 1 atom stereocenters. The number of aromatic nitrogens is 1. The predicted molar refractivity (Wildman–Crippen MR) is 120 cm³/mol. The zero-order valence-electron chi connectivity index (χ0n) is 18.4. The van der Waals surface area contributed by atoms with Crippen LogP contribution in [0.5, 0.6) is 11.5 Å². The minimum Gasteiger partial charge on any atom is -0.497 e. The quantitative estimate of drug-likeness (QED) is 0.513. The second-order valence-electron chi connectivity index (χ2n) is 7.64. The molecular weight excluding hydrogens is 378 g/mol. The van der Waals surface area contributed by atoms with Crippen molar-refractivity contribution in [3.05, 3.63) is 53.3 Å². The normalized spacial score (nSPS) is 17.1. The highest BCUT2D eigenvalue weighted by Crippen LogP contribution is 2.24.